The summed E-state index contributed by atoms with van der Waals surface area (Å²) in [7, 11) is -2.14. The molecular weight excluding hydrogens is 258 g/mol. The molecule has 1 aromatic rings. The molecule has 0 spiro atoms. The van der Waals surface area contributed by atoms with Gasteiger partial charge in [0.25, 0.3) is 10.0 Å². The summed E-state index contributed by atoms with van der Waals surface area (Å²) in [6.07, 6.45) is 0. The maximum Gasteiger partial charge on any atom is 0.260 e. The number of sulfonamides is 1. The molecule has 1 rings (SSSR count). The van der Waals surface area contributed by atoms with Crippen LogP contribution in [0.15, 0.2) is 5.03 Å². The number of nitrogens with one attached hydrogen (secondary N) is 2. The first kappa shape index (κ1) is 15.1. The van der Waals surface area contributed by atoms with Gasteiger partial charge >= 0.3 is 0 Å². The smallest absolute Gasteiger partial charge is 0.260 e. The molecule has 1 unspecified atom stereocenters. The number of aromatic amines is 1. The Kier molecular flexibility index (Phi) is 5.27. The summed E-state index contributed by atoms with van der Waals surface area (Å²) in [6, 6.07) is 0. The summed E-state index contributed by atoms with van der Waals surface area (Å²) in [6.45, 7) is 3.88. The number of aliphatic hydroxyl groups excluding tert-OH is 1. The highest BCUT2D eigenvalue weighted by Gasteiger charge is 2.23. The zero-order chi connectivity index (χ0) is 13.8. The van der Waals surface area contributed by atoms with Crippen LogP contribution in [-0.2, 0) is 21.4 Å². The Bertz CT molecular complexity index is 483. The fourth-order valence-corrected chi connectivity index (χ4v) is 2.85. The fraction of sp³-hybridized carbons (Fsp3) is 0.700. The van der Waals surface area contributed by atoms with E-state index in [0.717, 1.165) is 0 Å². The molecule has 3 N–H and O–H groups in total. The molecule has 104 valence electrons. The molecule has 0 saturated heterocycles. The standard InChI is InChI=1S/C10H19N3O4S/c1-7(6-17-3)4-11-18(15,16)10-9(5-14)8(2)12-13-10/h7,11,14H,4-6H2,1-3H3,(H,12,13). The zero-order valence-electron chi connectivity index (χ0n) is 10.7. The van der Waals surface area contributed by atoms with Gasteiger partial charge in [0, 0.05) is 31.5 Å². The highest BCUT2D eigenvalue weighted by molar-refractivity contribution is 7.89. The topological polar surface area (TPSA) is 104 Å². The Hall–Kier alpha value is -0.960. The van der Waals surface area contributed by atoms with E-state index in [4.69, 9.17) is 9.84 Å². The van der Waals surface area contributed by atoms with E-state index < -0.39 is 10.0 Å². The van der Waals surface area contributed by atoms with Crippen LogP contribution in [0.1, 0.15) is 18.2 Å². The van der Waals surface area contributed by atoms with E-state index in [-0.39, 0.29) is 24.1 Å². The lowest BCUT2D eigenvalue weighted by molar-refractivity contribution is 0.161. The minimum atomic E-state index is -3.70. The van der Waals surface area contributed by atoms with E-state index in [1.54, 1.807) is 14.0 Å². The lowest BCUT2D eigenvalue weighted by Gasteiger charge is -2.11. The van der Waals surface area contributed by atoms with Gasteiger partial charge in [0.15, 0.2) is 5.03 Å². The molecule has 1 atom stereocenters. The van der Waals surface area contributed by atoms with Crippen LogP contribution < -0.4 is 4.72 Å². The van der Waals surface area contributed by atoms with E-state index in [0.29, 0.717) is 17.9 Å². The van der Waals surface area contributed by atoms with Crippen LogP contribution in [0.25, 0.3) is 0 Å². The van der Waals surface area contributed by atoms with Crippen molar-refractivity contribution in [1.29, 1.82) is 0 Å². The maximum atomic E-state index is 12.0. The molecule has 8 heteroatoms. The van der Waals surface area contributed by atoms with Gasteiger partial charge < -0.3 is 9.84 Å². The van der Waals surface area contributed by atoms with Crippen molar-refractivity contribution >= 4 is 10.0 Å². The summed E-state index contributed by atoms with van der Waals surface area (Å²) < 4.78 is 31.4. The molecule has 0 radical (unpaired) electrons. The monoisotopic (exact) mass is 277 g/mol. The second-order valence-electron chi connectivity index (χ2n) is 4.20. The van der Waals surface area contributed by atoms with Gasteiger partial charge in [-0.05, 0) is 12.8 Å². The molecule has 0 amide bonds. The first-order valence-corrected chi connectivity index (χ1v) is 7.04. The third-order valence-electron chi connectivity index (χ3n) is 2.52. The number of aliphatic hydroxyl groups is 1. The van der Waals surface area contributed by atoms with Crippen LogP contribution in [0.3, 0.4) is 0 Å². The molecule has 0 aromatic carbocycles. The quantitative estimate of drug-likeness (QED) is 0.638. The average molecular weight is 277 g/mol. The van der Waals surface area contributed by atoms with Gasteiger partial charge in [0.2, 0.25) is 0 Å². The summed E-state index contributed by atoms with van der Waals surface area (Å²) in [4.78, 5) is 0. The Morgan fingerprint density at radius 3 is 2.78 bits per heavy atom. The van der Waals surface area contributed by atoms with Gasteiger partial charge in [-0.1, -0.05) is 6.92 Å². The van der Waals surface area contributed by atoms with E-state index in [1.165, 1.54) is 0 Å². The summed E-state index contributed by atoms with van der Waals surface area (Å²) in [5.74, 6) is 0.0578. The average Bonchev–Trinajstić information content (AvgIpc) is 2.69. The van der Waals surface area contributed by atoms with Crippen LogP contribution in [0, 0.1) is 12.8 Å². The van der Waals surface area contributed by atoms with Crippen molar-refractivity contribution in [3.63, 3.8) is 0 Å². The molecule has 0 fully saturated rings. The third kappa shape index (κ3) is 3.52. The highest BCUT2D eigenvalue weighted by Crippen LogP contribution is 2.15. The number of ether oxygens (including phenoxy) is 1. The molecule has 0 aliphatic rings. The molecular formula is C10H19N3O4S. The first-order chi connectivity index (χ1) is 8.42. The van der Waals surface area contributed by atoms with Crippen molar-refractivity contribution in [3.8, 4) is 0 Å². The van der Waals surface area contributed by atoms with Crippen molar-refractivity contribution < 1.29 is 18.3 Å². The number of hydrogen-bond donors (Lipinski definition) is 3. The van der Waals surface area contributed by atoms with Gasteiger partial charge in [-0.25, -0.2) is 13.1 Å². The number of nitrogens with zero attached hydrogens (tertiary/aromatic N) is 1. The lowest BCUT2D eigenvalue weighted by atomic mass is 10.2. The number of aromatic nitrogens is 2. The van der Waals surface area contributed by atoms with Crippen molar-refractivity contribution in [1.82, 2.24) is 14.9 Å². The van der Waals surface area contributed by atoms with Gasteiger partial charge in [0.1, 0.15) is 0 Å². The Labute approximate surface area is 107 Å². The lowest BCUT2D eigenvalue weighted by Crippen LogP contribution is -2.30. The van der Waals surface area contributed by atoms with Gasteiger partial charge in [0.05, 0.1) is 6.61 Å². The minimum Gasteiger partial charge on any atom is -0.392 e. The van der Waals surface area contributed by atoms with Crippen molar-refractivity contribution in [2.24, 2.45) is 5.92 Å². The molecule has 1 heterocycles. The number of aryl methyl sites for hydroxylation is 1. The molecule has 18 heavy (non-hydrogen) atoms. The predicted molar refractivity (Wildman–Crippen MR) is 65.5 cm³/mol. The summed E-state index contributed by atoms with van der Waals surface area (Å²) in [5.41, 5.74) is 0.838. The van der Waals surface area contributed by atoms with Crippen LogP contribution in [0.2, 0.25) is 0 Å². The Morgan fingerprint density at radius 2 is 2.22 bits per heavy atom. The second-order valence-corrected chi connectivity index (χ2v) is 5.89. The van der Waals surface area contributed by atoms with Gasteiger partial charge in [-0.2, -0.15) is 5.10 Å². The van der Waals surface area contributed by atoms with Crippen LogP contribution in [-0.4, -0.2) is 44.0 Å². The van der Waals surface area contributed by atoms with Crippen molar-refractivity contribution in [2.45, 2.75) is 25.5 Å². The minimum absolute atomic E-state index is 0.0578. The molecule has 7 nitrogen and oxygen atoms in total. The fourth-order valence-electron chi connectivity index (χ4n) is 1.50. The first-order valence-electron chi connectivity index (χ1n) is 5.55. The van der Waals surface area contributed by atoms with E-state index >= 15 is 0 Å². The number of hydrogen-bond acceptors (Lipinski definition) is 5. The van der Waals surface area contributed by atoms with E-state index in [1.807, 2.05) is 6.92 Å². The van der Waals surface area contributed by atoms with Crippen LogP contribution in [0.4, 0.5) is 0 Å². The molecule has 0 aliphatic heterocycles. The second kappa shape index (κ2) is 6.28. The predicted octanol–water partition coefficient (Wildman–Crippen LogP) is -0.229. The number of H-pyrrole nitrogens is 1. The van der Waals surface area contributed by atoms with Crippen LogP contribution in [0.5, 0.6) is 0 Å². The molecule has 0 bridgehead atoms. The summed E-state index contributed by atoms with van der Waals surface area (Å²) >= 11 is 0. The van der Waals surface area contributed by atoms with Crippen molar-refractivity contribution in [3.05, 3.63) is 11.3 Å². The van der Waals surface area contributed by atoms with E-state index in [2.05, 4.69) is 14.9 Å². The van der Waals surface area contributed by atoms with E-state index in [9.17, 15) is 8.42 Å². The third-order valence-corrected chi connectivity index (χ3v) is 3.92. The normalized spacial score (nSPS) is 13.8. The van der Waals surface area contributed by atoms with Crippen molar-refractivity contribution in [2.75, 3.05) is 20.3 Å². The van der Waals surface area contributed by atoms with Gasteiger partial charge in [-0.3, -0.25) is 5.10 Å². The zero-order valence-corrected chi connectivity index (χ0v) is 11.5. The summed E-state index contributed by atoms with van der Waals surface area (Å²) in [5, 5.41) is 15.3. The Morgan fingerprint density at radius 1 is 1.56 bits per heavy atom. The molecule has 1 aromatic heterocycles. The number of rotatable bonds is 7. The van der Waals surface area contributed by atoms with Gasteiger partial charge in [-0.15, -0.1) is 0 Å². The SMILES string of the molecule is COCC(C)CNS(=O)(=O)c1n[nH]c(C)c1CO. The van der Waals surface area contributed by atoms with Crippen LogP contribution >= 0.6 is 0 Å². The largest absolute Gasteiger partial charge is 0.392 e. The molecule has 0 aliphatic carbocycles. The maximum absolute atomic E-state index is 12.0. The number of methoxy groups -OCH3 is 1. The highest BCUT2D eigenvalue weighted by atomic mass is 32.2. The molecule has 0 saturated carbocycles. The Balaban J connectivity index is 2.80.